The van der Waals surface area contributed by atoms with Crippen LogP contribution in [0.2, 0.25) is 0 Å². The third-order valence-corrected chi connectivity index (χ3v) is 6.03. The van der Waals surface area contributed by atoms with Gasteiger partial charge in [-0.1, -0.05) is 62.2 Å². The van der Waals surface area contributed by atoms with E-state index in [0.717, 1.165) is 14.5 Å². The maximum absolute atomic E-state index is 12.8. The molecule has 6 nitrogen and oxygen atoms in total. The van der Waals surface area contributed by atoms with E-state index in [1.807, 2.05) is 24.3 Å². The lowest BCUT2D eigenvalue weighted by atomic mass is 10.1. The highest BCUT2D eigenvalue weighted by atomic mass is 79.9. The summed E-state index contributed by atoms with van der Waals surface area (Å²) in [7, 11) is 1.54. The summed E-state index contributed by atoms with van der Waals surface area (Å²) in [6.45, 7) is 0.345. The van der Waals surface area contributed by atoms with Crippen LogP contribution >= 0.6 is 31.9 Å². The number of benzene rings is 3. The van der Waals surface area contributed by atoms with Crippen molar-refractivity contribution in [2.24, 2.45) is 0 Å². The number of ether oxygens (including phenoxy) is 2. The van der Waals surface area contributed by atoms with E-state index >= 15 is 0 Å². The summed E-state index contributed by atoms with van der Waals surface area (Å²) in [5, 5.41) is 1.24. The number of para-hydroxylation sites is 1. The van der Waals surface area contributed by atoms with Crippen molar-refractivity contribution in [1.29, 1.82) is 0 Å². The minimum Gasteiger partial charge on any atom is -0.493 e. The molecule has 1 aliphatic rings. The second-order valence-electron chi connectivity index (χ2n) is 6.91. The number of carbonyl (C=O) groups excluding carboxylic acids is 2. The van der Waals surface area contributed by atoms with Crippen molar-refractivity contribution in [3.05, 3.63) is 92.4 Å². The highest BCUT2D eigenvalue weighted by Gasteiger charge is 2.34. The maximum Gasteiger partial charge on any atom is 0.282 e. The first-order valence-electron chi connectivity index (χ1n) is 9.63. The van der Waals surface area contributed by atoms with Crippen LogP contribution in [-0.4, -0.2) is 18.9 Å². The van der Waals surface area contributed by atoms with E-state index in [2.05, 4.69) is 37.3 Å². The number of halogens is 2. The summed E-state index contributed by atoms with van der Waals surface area (Å²) in [5.74, 6) is 0.176. The van der Waals surface area contributed by atoms with E-state index < -0.39 is 11.8 Å². The second kappa shape index (κ2) is 9.58. The van der Waals surface area contributed by atoms with Crippen LogP contribution in [0.4, 0.5) is 5.69 Å². The van der Waals surface area contributed by atoms with Crippen molar-refractivity contribution >= 4 is 55.4 Å². The van der Waals surface area contributed by atoms with Crippen molar-refractivity contribution in [3.63, 3.8) is 0 Å². The lowest BCUT2D eigenvalue weighted by Crippen LogP contribution is -2.35. The number of nitrogens with one attached hydrogen (secondary N) is 1. The first-order valence-corrected chi connectivity index (χ1v) is 11.2. The van der Waals surface area contributed by atoms with Crippen molar-refractivity contribution in [1.82, 2.24) is 5.43 Å². The number of carbonyl (C=O) groups is 2. The van der Waals surface area contributed by atoms with Gasteiger partial charge in [-0.25, -0.2) is 5.01 Å². The monoisotopic (exact) mass is 556 g/mol. The Labute approximate surface area is 202 Å². The molecule has 3 aromatic rings. The molecule has 0 spiro atoms. The van der Waals surface area contributed by atoms with Gasteiger partial charge < -0.3 is 9.47 Å². The standard InChI is InChI=1S/C24H18Br2N2O4/c1-31-22-12-15(7-10-21(22)32-14-16-8-9-17(25)13-20(16)26)11-19-23(29)27-28(24(19)30)18-5-3-2-4-6-18/h2-13H,14H2,1H3,(H,27,29)/b19-11-. The molecular weight excluding hydrogens is 540 g/mol. The van der Waals surface area contributed by atoms with Crippen LogP contribution in [-0.2, 0) is 16.2 Å². The van der Waals surface area contributed by atoms with Gasteiger partial charge in [0.2, 0.25) is 0 Å². The first-order chi connectivity index (χ1) is 15.5. The Morgan fingerprint density at radius 1 is 0.969 bits per heavy atom. The molecule has 0 atom stereocenters. The number of rotatable bonds is 6. The Bertz CT molecular complexity index is 1210. The fourth-order valence-corrected chi connectivity index (χ4v) is 4.33. The second-order valence-corrected chi connectivity index (χ2v) is 8.68. The molecule has 1 saturated heterocycles. The predicted octanol–water partition coefficient (Wildman–Crippen LogP) is 5.26. The van der Waals surface area contributed by atoms with Crippen LogP contribution in [0, 0.1) is 0 Å². The molecule has 162 valence electrons. The normalized spacial score (nSPS) is 14.6. The fraction of sp³-hybridized carbons (Fsp3) is 0.0833. The zero-order valence-electron chi connectivity index (χ0n) is 17.0. The zero-order chi connectivity index (χ0) is 22.7. The van der Waals surface area contributed by atoms with Crippen LogP contribution in [0.15, 0.2) is 81.2 Å². The molecule has 4 rings (SSSR count). The molecule has 0 aromatic heterocycles. The molecule has 0 bridgehead atoms. The first kappa shape index (κ1) is 22.1. The van der Waals surface area contributed by atoms with E-state index in [9.17, 15) is 9.59 Å². The van der Waals surface area contributed by atoms with E-state index in [0.29, 0.717) is 29.4 Å². The van der Waals surface area contributed by atoms with Crippen LogP contribution in [0.25, 0.3) is 6.08 Å². The van der Waals surface area contributed by atoms with Gasteiger partial charge >= 0.3 is 0 Å². The van der Waals surface area contributed by atoms with Crippen molar-refractivity contribution in [2.75, 3.05) is 12.1 Å². The van der Waals surface area contributed by atoms with Gasteiger partial charge in [-0.2, -0.15) is 0 Å². The predicted molar refractivity (Wildman–Crippen MR) is 129 cm³/mol. The Morgan fingerprint density at radius 2 is 1.75 bits per heavy atom. The maximum atomic E-state index is 12.8. The molecule has 3 aromatic carbocycles. The highest BCUT2D eigenvalue weighted by molar-refractivity contribution is 9.11. The van der Waals surface area contributed by atoms with Gasteiger partial charge in [0.15, 0.2) is 11.5 Å². The van der Waals surface area contributed by atoms with Gasteiger partial charge in [-0.15, -0.1) is 0 Å². The molecule has 1 aliphatic heterocycles. The van der Waals surface area contributed by atoms with Crippen molar-refractivity contribution in [3.8, 4) is 11.5 Å². The van der Waals surface area contributed by atoms with E-state index in [1.165, 1.54) is 11.1 Å². The highest BCUT2D eigenvalue weighted by Crippen LogP contribution is 2.31. The van der Waals surface area contributed by atoms with Crippen LogP contribution in [0.5, 0.6) is 11.5 Å². The van der Waals surface area contributed by atoms with Gasteiger partial charge in [0.05, 0.1) is 12.8 Å². The Balaban J connectivity index is 1.54. The SMILES string of the molecule is COc1cc(/C=C2/C(=O)NN(c3ccccc3)C2=O)ccc1OCc1ccc(Br)cc1Br. The van der Waals surface area contributed by atoms with Gasteiger partial charge in [0, 0.05) is 14.5 Å². The number of amides is 2. The van der Waals surface area contributed by atoms with Crippen LogP contribution < -0.4 is 19.9 Å². The molecule has 1 heterocycles. The van der Waals surface area contributed by atoms with Gasteiger partial charge in [-0.05, 0) is 48.0 Å². The number of methoxy groups -OCH3 is 1. The molecule has 2 amide bonds. The fourth-order valence-electron chi connectivity index (χ4n) is 3.17. The summed E-state index contributed by atoms with van der Waals surface area (Å²) in [5.41, 5.74) is 4.86. The largest absolute Gasteiger partial charge is 0.493 e. The molecule has 1 N–H and O–H groups in total. The van der Waals surface area contributed by atoms with E-state index in [1.54, 1.807) is 49.6 Å². The van der Waals surface area contributed by atoms with Crippen LogP contribution in [0.3, 0.4) is 0 Å². The van der Waals surface area contributed by atoms with Gasteiger partial charge in [0.1, 0.15) is 12.2 Å². The molecule has 0 saturated carbocycles. The average molecular weight is 558 g/mol. The molecule has 0 radical (unpaired) electrons. The minimum atomic E-state index is -0.460. The third kappa shape index (κ3) is 4.71. The number of hydrogen-bond acceptors (Lipinski definition) is 4. The van der Waals surface area contributed by atoms with Gasteiger partial charge in [0.25, 0.3) is 11.8 Å². The summed E-state index contributed by atoms with van der Waals surface area (Å²) >= 11 is 6.96. The molecule has 32 heavy (non-hydrogen) atoms. The summed E-state index contributed by atoms with van der Waals surface area (Å²) in [6.07, 6.45) is 1.54. The van der Waals surface area contributed by atoms with Gasteiger partial charge in [-0.3, -0.25) is 15.0 Å². The molecule has 1 fully saturated rings. The number of nitrogens with zero attached hydrogens (tertiary/aromatic N) is 1. The Hall–Kier alpha value is -3.10. The number of anilines is 1. The molecule has 0 unspecified atom stereocenters. The molecule has 8 heteroatoms. The van der Waals surface area contributed by atoms with Crippen molar-refractivity contribution in [2.45, 2.75) is 6.61 Å². The molecular formula is C24H18Br2N2O4. The summed E-state index contributed by atoms with van der Waals surface area (Å²) < 4.78 is 13.3. The minimum absolute atomic E-state index is 0.0448. The average Bonchev–Trinajstić information content (AvgIpc) is 3.08. The smallest absolute Gasteiger partial charge is 0.282 e. The topological polar surface area (TPSA) is 67.9 Å². The third-order valence-electron chi connectivity index (χ3n) is 4.80. The van der Waals surface area contributed by atoms with Crippen LogP contribution in [0.1, 0.15) is 11.1 Å². The quantitative estimate of drug-likeness (QED) is 0.331. The molecule has 0 aliphatic carbocycles. The lowest BCUT2D eigenvalue weighted by molar-refractivity contribution is -0.117. The zero-order valence-corrected chi connectivity index (χ0v) is 20.1. The summed E-state index contributed by atoms with van der Waals surface area (Å²) in [4.78, 5) is 25.2. The van der Waals surface area contributed by atoms with E-state index in [4.69, 9.17) is 9.47 Å². The number of hydrogen-bond donors (Lipinski definition) is 1. The Kier molecular flexibility index (Phi) is 6.62. The lowest BCUT2D eigenvalue weighted by Gasteiger charge is -2.14. The summed E-state index contributed by atoms with van der Waals surface area (Å²) in [6, 6.07) is 20.0. The van der Waals surface area contributed by atoms with E-state index in [-0.39, 0.29) is 5.57 Å². The Morgan fingerprint density at radius 3 is 2.47 bits per heavy atom. The number of hydrazine groups is 1. The van der Waals surface area contributed by atoms with Crippen molar-refractivity contribution < 1.29 is 19.1 Å².